The van der Waals surface area contributed by atoms with Gasteiger partial charge in [-0.3, -0.25) is 0 Å². The molecule has 58 valence electrons. The van der Waals surface area contributed by atoms with Crippen LogP contribution in [0.4, 0.5) is 0 Å². The third kappa shape index (κ3) is 1.52. The van der Waals surface area contributed by atoms with E-state index in [0.717, 1.165) is 5.52 Å². The van der Waals surface area contributed by atoms with Gasteiger partial charge in [-0.05, 0) is 0 Å². The van der Waals surface area contributed by atoms with Gasteiger partial charge in [0.05, 0.1) is 12.4 Å². The van der Waals surface area contributed by atoms with Gasteiger partial charge in [-0.15, -0.1) is 0 Å². The highest BCUT2D eigenvalue weighted by Crippen LogP contribution is 2.05. The third-order valence-corrected chi connectivity index (χ3v) is 1.05. The van der Waals surface area contributed by atoms with Crippen molar-refractivity contribution < 1.29 is 4.42 Å². The molecule has 0 saturated heterocycles. The largest absolute Gasteiger partial charge is 0.442 e. The molecule has 0 aliphatic rings. The average molecular weight is 151 g/mol. The van der Waals surface area contributed by atoms with Crippen LogP contribution in [0.3, 0.4) is 0 Å². The van der Waals surface area contributed by atoms with Crippen LogP contribution in [0.5, 0.6) is 0 Å². The molecular weight excluding hydrogens is 142 g/mol. The molecule has 0 unspecified atom stereocenters. The van der Waals surface area contributed by atoms with Gasteiger partial charge in [0.25, 0.3) is 0 Å². The van der Waals surface area contributed by atoms with Crippen molar-refractivity contribution in [3.8, 4) is 0 Å². The maximum absolute atomic E-state index is 4.90. The van der Waals surface area contributed by atoms with Crippen molar-refractivity contribution in [3.63, 3.8) is 0 Å². The second kappa shape index (κ2) is 3.65. The number of hydrogen-bond acceptors (Lipinski definition) is 4. The van der Waals surface area contributed by atoms with Crippen molar-refractivity contribution >= 4 is 11.1 Å². The summed E-state index contributed by atoms with van der Waals surface area (Å²) in [4.78, 5) is 3.85. The highest BCUT2D eigenvalue weighted by Gasteiger charge is 1.93. The van der Waals surface area contributed by atoms with Gasteiger partial charge in [0, 0.05) is 0 Å². The van der Waals surface area contributed by atoms with Crippen molar-refractivity contribution in [2.45, 2.75) is 13.8 Å². The highest BCUT2D eigenvalue weighted by atomic mass is 16.3. The number of oxazole rings is 1. The van der Waals surface area contributed by atoms with Gasteiger partial charge in [-0.25, -0.2) is 4.98 Å². The van der Waals surface area contributed by atoms with E-state index in [2.05, 4.69) is 15.2 Å². The molecule has 0 aliphatic heterocycles. The van der Waals surface area contributed by atoms with Gasteiger partial charge in [-0.2, -0.15) is 10.2 Å². The summed E-state index contributed by atoms with van der Waals surface area (Å²) < 4.78 is 4.90. The molecule has 11 heavy (non-hydrogen) atoms. The summed E-state index contributed by atoms with van der Waals surface area (Å²) in [6.07, 6.45) is 4.45. The van der Waals surface area contributed by atoms with Crippen molar-refractivity contribution in [1.29, 1.82) is 0 Å². The molecule has 2 rings (SSSR count). The van der Waals surface area contributed by atoms with E-state index < -0.39 is 0 Å². The van der Waals surface area contributed by atoms with Crippen LogP contribution in [-0.2, 0) is 0 Å². The molecule has 0 spiro atoms. The Morgan fingerprint density at radius 1 is 1.18 bits per heavy atom. The third-order valence-electron chi connectivity index (χ3n) is 1.05. The first-order chi connectivity index (χ1) is 5.47. The first-order valence-electron chi connectivity index (χ1n) is 3.47. The lowest BCUT2D eigenvalue weighted by atomic mass is 10.5. The normalized spacial score (nSPS) is 8.91. The summed E-state index contributed by atoms with van der Waals surface area (Å²) in [6, 6.07) is 0. The number of rotatable bonds is 0. The Labute approximate surface area is 64.3 Å². The molecule has 4 nitrogen and oxygen atoms in total. The van der Waals surface area contributed by atoms with Crippen LogP contribution in [0.15, 0.2) is 23.2 Å². The molecule has 0 aromatic carbocycles. The maximum Gasteiger partial charge on any atom is 0.182 e. The molecule has 0 N–H and O–H groups in total. The standard InChI is InChI=1S/C5H3N3O.C2H6/c1-4-5(2-8-7-1)9-3-6-4;1-2/h1-3H;1-2H3. The number of nitrogens with zero attached hydrogens (tertiary/aromatic N) is 3. The minimum atomic E-state index is 0.671. The van der Waals surface area contributed by atoms with E-state index in [4.69, 9.17) is 4.42 Å². The lowest BCUT2D eigenvalue weighted by molar-refractivity contribution is 0.600. The molecular formula is C7H9N3O. The van der Waals surface area contributed by atoms with Gasteiger partial charge in [0.15, 0.2) is 12.0 Å². The van der Waals surface area contributed by atoms with Gasteiger partial charge < -0.3 is 4.42 Å². The van der Waals surface area contributed by atoms with E-state index in [9.17, 15) is 0 Å². The number of hydrogen-bond donors (Lipinski definition) is 0. The zero-order valence-corrected chi connectivity index (χ0v) is 6.48. The quantitative estimate of drug-likeness (QED) is 0.574. The van der Waals surface area contributed by atoms with E-state index in [0.29, 0.717) is 5.58 Å². The Morgan fingerprint density at radius 2 is 1.91 bits per heavy atom. The fourth-order valence-electron chi connectivity index (χ4n) is 0.631. The van der Waals surface area contributed by atoms with Crippen LogP contribution < -0.4 is 0 Å². The molecule has 2 aromatic heterocycles. The molecule has 0 radical (unpaired) electrons. The minimum absolute atomic E-state index is 0.671. The predicted octanol–water partition coefficient (Wildman–Crippen LogP) is 1.64. The number of aromatic nitrogens is 3. The van der Waals surface area contributed by atoms with Crippen LogP contribution in [0.2, 0.25) is 0 Å². The maximum atomic E-state index is 4.90. The topological polar surface area (TPSA) is 51.8 Å². The first-order valence-corrected chi connectivity index (χ1v) is 3.47. The zero-order valence-electron chi connectivity index (χ0n) is 6.48. The van der Waals surface area contributed by atoms with E-state index >= 15 is 0 Å². The molecule has 0 amide bonds. The van der Waals surface area contributed by atoms with Crippen molar-refractivity contribution in [3.05, 3.63) is 18.8 Å². The van der Waals surface area contributed by atoms with Gasteiger partial charge in [0.2, 0.25) is 0 Å². The Morgan fingerprint density at radius 3 is 2.64 bits per heavy atom. The van der Waals surface area contributed by atoms with E-state index in [1.165, 1.54) is 12.6 Å². The van der Waals surface area contributed by atoms with Crippen molar-refractivity contribution in [2.75, 3.05) is 0 Å². The molecule has 4 heteroatoms. The molecule has 0 saturated carbocycles. The lowest BCUT2D eigenvalue weighted by Crippen LogP contribution is -1.75. The smallest absolute Gasteiger partial charge is 0.182 e. The van der Waals surface area contributed by atoms with Crippen molar-refractivity contribution in [1.82, 2.24) is 15.2 Å². The van der Waals surface area contributed by atoms with Crippen LogP contribution in [0.1, 0.15) is 13.8 Å². The predicted molar refractivity (Wildman–Crippen MR) is 40.9 cm³/mol. The zero-order chi connectivity index (χ0) is 8.10. The van der Waals surface area contributed by atoms with Crippen molar-refractivity contribution in [2.24, 2.45) is 0 Å². The Bertz CT molecular complexity index is 288. The van der Waals surface area contributed by atoms with Crippen LogP contribution >= 0.6 is 0 Å². The van der Waals surface area contributed by atoms with Gasteiger partial charge >= 0.3 is 0 Å². The molecule has 0 aliphatic carbocycles. The Balaban J connectivity index is 0.000000281. The highest BCUT2D eigenvalue weighted by molar-refractivity contribution is 5.68. The van der Waals surface area contributed by atoms with E-state index in [1.807, 2.05) is 13.8 Å². The summed E-state index contributed by atoms with van der Waals surface area (Å²) in [5, 5.41) is 7.21. The Kier molecular flexibility index (Phi) is 2.54. The minimum Gasteiger partial charge on any atom is -0.442 e. The van der Waals surface area contributed by atoms with Crippen LogP contribution in [-0.4, -0.2) is 15.2 Å². The summed E-state index contributed by atoms with van der Waals surface area (Å²) in [5.74, 6) is 0. The fraction of sp³-hybridized carbons (Fsp3) is 0.286. The van der Waals surface area contributed by atoms with Crippen LogP contribution in [0, 0.1) is 0 Å². The second-order valence-corrected chi connectivity index (χ2v) is 1.59. The molecule has 2 aromatic rings. The second-order valence-electron chi connectivity index (χ2n) is 1.59. The molecule has 0 atom stereocenters. The average Bonchev–Trinajstić information content (AvgIpc) is 2.55. The summed E-state index contributed by atoms with van der Waals surface area (Å²) >= 11 is 0. The summed E-state index contributed by atoms with van der Waals surface area (Å²) in [7, 11) is 0. The first kappa shape index (κ1) is 7.65. The lowest BCUT2D eigenvalue weighted by Gasteiger charge is -1.77. The fourth-order valence-corrected chi connectivity index (χ4v) is 0.631. The van der Waals surface area contributed by atoms with E-state index in [1.54, 1.807) is 6.20 Å². The summed E-state index contributed by atoms with van der Waals surface area (Å²) in [6.45, 7) is 4.00. The number of fused-ring (bicyclic) bond motifs is 1. The van der Waals surface area contributed by atoms with Crippen LogP contribution in [0.25, 0.3) is 11.1 Å². The molecule has 0 fully saturated rings. The SMILES string of the molecule is CC.c1nc2cnncc2o1. The van der Waals surface area contributed by atoms with Gasteiger partial charge in [0.1, 0.15) is 5.52 Å². The monoisotopic (exact) mass is 151 g/mol. The van der Waals surface area contributed by atoms with E-state index in [-0.39, 0.29) is 0 Å². The molecule has 0 bridgehead atoms. The summed E-state index contributed by atoms with van der Waals surface area (Å²) in [5.41, 5.74) is 1.41. The molecule has 2 heterocycles. The van der Waals surface area contributed by atoms with Gasteiger partial charge in [-0.1, -0.05) is 13.8 Å². The Hall–Kier alpha value is -1.45.